The zero-order valence-electron chi connectivity index (χ0n) is 12.3. The van der Waals surface area contributed by atoms with E-state index in [0.717, 1.165) is 18.8 Å². The van der Waals surface area contributed by atoms with E-state index in [1.165, 1.54) is 24.0 Å². The Morgan fingerprint density at radius 3 is 2.53 bits per heavy atom. The smallest absolute Gasteiger partial charge is 0.140 e. The minimum atomic E-state index is 0.156. The molecule has 2 aliphatic carbocycles. The number of benzene rings is 1. The van der Waals surface area contributed by atoms with Gasteiger partial charge in [0.25, 0.3) is 0 Å². The van der Waals surface area contributed by atoms with Crippen LogP contribution in [0.15, 0.2) is 24.3 Å². The van der Waals surface area contributed by atoms with Crippen molar-refractivity contribution >= 4 is 5.78 Å². The van der Waals surface area contributed by atoms with Crippen LogP contribution in [0.3, 0.4) is 0 Å². The van der Waals surface area contributed by atoms with Crippen molar-refractivity contribution in [2.45, 2.75) is 52.4 Å². The van der Waals surface area contributed by atoms with E-state index in [2.05, 4.69) is 45.0 Å². The first-order chi connectivity index (χ1) is 9.00. The van der Waals surface area contributed by atoms with E-state index in [9.17, 15) is 4.79 Å². The van der Waals surface area contributed by atoms with Crippen molar-refractivity contribution in [2.24, 2.45) is 17.3 Å². The molecule has 4 unspecified atom stereocenters. The van der Waals surface area contributed by atoms with Gasteiger partial charge in [-0.2, -0.15) is 0 Å². The lowest BCUT2D eigenvalue weighted by molar-refractivity contribution is -0.127. The number of hydrogen-bond acceptors (Lipinski definition) is 1. The van der Waals surface area contributed by atoms with E-state index < -0.39 is 0 Å². The summed E-state index contributed by atoms with van der Waals surface area (Å²) in [6.07, 6.45) is 4.47. The Labute approximate surface area is 116 Å². The molecule has 1 heteroatoms. The van der Waals surface area contributed by atoms with E-state index in [1.807, 2.05) is 0 Å². The summed E-state index contributed by atoms with van der Waals surface area (Å²) >= 11 is 0. The van der Waals surface area contributed by atoms with Crippen molar-refractivity contribution in [3.8, 4) is 0 Å². The molecule has 4 atom stereocenters. The average Bonchev–Trinajstić information content (AvgIpc) is 2.65. The second-order valence-electron chi connectivity index (χ2n) is 7.02. The van der Waals surface area contributed by atoms with Gasteiger partial charge in [0.15, 0.2) is 0 Å². The fourth-order valence-electron chi connectivity index (χ4n) is 4.25. The lowest BCUT2D eigenvalue weighted by atomic mass is 9.61. The maximum absolute atomic E-state index is 12.6. The van der Waals surface area contributed by atoms with Crippen LogP contribution < -0.4 is 0 Å². The highest BCUT2D eigenvalue weighted by Gasteiger charge is 2.50. The minimum Gasteiger partial charge on any atom is -0.299 e. The zero-order chi connectivity index (χ0) is 13.6. The number of ketones is 1. The van der Waals surface area contributed by atoms with E-state index in [0.29, 0.717) is 11.7 Å². The van der Waals surface area contributed by atoms with Gasteiger partial charge >= 0.3 is 0 Å². The van der Waals surface area contributed by atoms with Gasteiger partial charge in [-0.25, -0.2) is 0 Å². The van der Waals surface area contributed by atoms with Gasteiger partial charge in [-0.05, 0) is 49.0 Å². The first-order valence-corrected chi connectivity index (χ1v) is 7.60. The SMILES string of the molecule is Cc1ccc(C2CC3CCC(C)C3(C)CC2=O)cc1. The summed E-state index contributed by atoms with van der Waals surface area (Å²) < 4.78 is 0. The Hall–Kier alpha value is -1.11. The van der Waals surface area contributed by atoms with E-state index in [4.69, 9.17) is 0 Å². The molecule has 19 heavy (non-hydrogen) atoms. The van der Waals surface area contributed by atoms with Crippen molar-refractivity contribution in [3.05, 3.63) is 35.4 Å². The summed E-state index contributed by atoms with van der Waals surface area (Å²) in [5.74, 6) is 2.08. The third-order valence-corrected chi connectivity index (χ3v) is 5.95. The monoisotopic (exact) mass is 256 g/mol. The molecule has 102 valence electrons. The number of carbonyl (C=O) groups excluding carboxylic acids is 1. The molecular weight excluding hydrogens is 232 g/mol. The van der Waals surface area contributed by atoms with Crippen molar-refractivity contribution in [3.63, 3.8) is 0 Å². The van der Waals surface area contributed by atoms with Crippen molar-refractivity contribution in [2.75, 3.05) is 0 Å². The zero-order valence-corrected chi connectivity index (χ0v) is 12.3. The Balaban J connectivity index is 1.86. The van der Waals surface area contributed by atoms with Crippen molar-refractivity contribution in [1.82, 2.24) is 0 Å². The summed E-state index contributed by atoms with van der Waals surface area (Å²) in [4.78, 5) is 12.6. The van der Waals surface area contributed by atoms with Crippen LogP contribution in [0, 0.1) is 24.2 Å². The number of rotatable bonds is 1. The summed E-state index contributed by atoms with van der Waals surface area (Å²) in [6.45, 7) is 6.78. The van der Waals surface area contributed by atoms with Crippen LogP contribution in [0.1, 0.15) is 56.6 Å². The Morgan fingerprint density at radius 2 is 1.84 bits per heavy atom. The second-order valence-corrected chi connectivity index (χ2v) is 7.02. The lowest BCUT2D eigenvalue weighted by Crippen LogP contribution is -2.38. The standard InChI is InChI=1S/C18H24O/c1-12-4-7-14(8-5-12)16-10-15-9-6-13(2)18(15,3)11-17(16)19/h4-5,7-8,13,15-16H,6,9-11H2,1-3H3. The Morgan fingerprint density at radius 1 is 1.16 bits per heavy atom. The number of hydrogen-bond donors (Lipinski definition) is 0. The maximum atomic E-state index is 12.6. The van der Waals surface area contributed by atoms with Crippen LogP contribution in [-0.2, 0) is 4.79 Å². The third kappa shape index (κ3) is 2.04. The molecule has 0 bridgehead atoms. The molecule has 0 aliphatic heterocycles. The summed E-state index contributed by atoms with van der Waals surface area (Å²) in [5, 5.41) is 0. The summed E-state index contributed by atoms with van der Waals surface area (Å²) in [6, 6.07) is 8.57. The highest BCUT2D eigenvalue weighted by atomic mass is 16.1. The summed E-state index contributed by atoms with van der Waals surface area (Å²) in [7, 11) is 0. The summed E-state index contributed by atoms with van der Waals surface area (Å²) in [5.41, 5.74) is 2.78. The highest BCUT2D eigenvalue weighted by Crippen LogP contribution is 2.56. The van der Waals surface area contributed by atoms with Crippen LogP contribution in [0.4, 0.5) is 0 Å². The molecule has 1 aromatic carbocycles. The van der Waals surface area contributed by atoms with E-state index in [1.54, 1.807) is 0 Å². The molecule has 0 spiro atoms. The molecular formula is C18H24O. The van der Waals surface area contributed by atoms with Gasteiger partial charge in [0.2, 0.25) is 0 Å². The van der Waals surface area contributed by atoms with Gasteiger partial charge in [-0.15, -0.1) is 0 Å². The van der Waals surface area contributed by atoms with Crippen molar-refractivity contribution < 1.29 is 4.79 Å². The van der Waals surface area contributed by atoms with Gasteiger partial charge in [-0.1, -0.05) is 43.7 Å². The topological polar surface area (TPSA) is 17.1 Å². The average molecular weight is 256 g/mol. The molecule has 0 radical (unpaired) electrons. The number of Topliss-reactive ketones (excluding diaryl/α,β-unsaturated/α-hetero) is 1. The molecule has 0 saturated heterocycles. The van der Waals surface area contributed by atoms with Gasteiger partial charge in [0, 0.05) is 12.3 Å². The molecule has 2 aliphatic rings. The normalized spacial score (nSPS) is 38.3. The molecule has 0 heterocycles. The maximum Gasteiger partial charge on any atom is 0.140 e. The molecule has 2 saturated carbocycles. The largest absolute Gasteiger partial charge is 0.299 e. The number of carbonyl (C=O) groups is 1. The number of fused-ring (bicyclic) bond motifs is 1. The minimum absolute atomic E-state index is 0.156. The van der Waals surface area contributed by atoms with Crippen LogP contribution in [0.25, 0.3) is 0 Å². The second kappa shape index (κ2) is 4.47. The first kappa shape index (κ1) is 12.9. The number of aryl methyl sites for hydroxylation is 1. The Bertz CT molecular complexity index is 487. The fraction of sp³-hybridized carbons (Fsp3) is 0.611. The molecule has 3 rings (SSSR count). The quantitative estimate of drug-likeness (QED) is 0.723. The predicted molar refractivity (Wildman–Crippen MR) is 78.2 cm³/mol. The molecule has 0 N–H and O–H groups in total. The van der Waals surface area contributed by atoms with E-state index >= 15 is 0 Å². The van der Waals surface area contributed by atoms with Crippen LogP contribution in [0.2, 0.25) is 0 Å². The van der Waals surface area contributed by atoms with Gasteiger partial charge in [0.05, 0.1) is 0 Å². The van der Waals surface area contributed by atoms with E-state index in [-0.39, 0.29) is 11.3 Å². The molecule has 1 nitrogen and oxygen atoms in total. The van der Waals surface area contributed by atoms with Gasteiger partial charge < -0.3 is 0 Å². The fourth-order valence-corrected chi connectivity index (χ4v) is 4.25. The highest BCUT2D eigenvalue weighted by molar-refractivity contribution is 5.87. The van der Waals surface area contributed by atoms with Gasteiger partial charge in [0.1, 0.15) is 5.78 Å². The van der Waals surface area contributed by atoms with Crippen LogP contribution >= 0.6 is 0 Å². The lowest BCUT2D eigenvalue weighted by Gasteiger charge is -2.42. The Kier molecular flexibility index (Phi) is 3.03. The molecule has 2 fully saturated rings. The molecule has 0 amide bonds. The first-order valence-electron chi connectivity index (χ1n) is 7.60. The third-order valence-electron chi connectivity index (χ3n) is 5.95. The molecule has 1 aromatic rings. The molecule has 0 aromatic heterocycles. The van der Waals surface area contributed by atoms with Crippen molar-refractivity contribution in [1.29, 1.82) is 0 Å². The van der Waals surface area contributed by atoms with Crippen LogP contribution in [0.5, 0.6) is 0 Å². The van der Waals surface area contributed by atoms with Gasteiger partial charge in [-0.3, -0.25) is 4.79 Å². The predicted octanol–water partition coefficient (Wildman–Crippen LogP) is 4.49. The van der Waals surface area contributed by atoms with Crippen LogP contribution in [-0.4, -0.2) is 5.78 Å².